The Morgan fingerprint density at radius 3 is 2.42 bits per heavy atom. The van der Waals surface area contributed by atoms with Crippen molar-refractivity contribution in [1.29, 1.82) is 0 Å². The fourth-order valence-electron chi connectivity index (χ4n) is 5.76. The second-order valence-electron chi connectivity index (χ2n) is 10.2. The van der Waals surface area contributed by atoms with Gasteiger partial charge >= 0.3 is 5.97 Å². The third-order valence-corrected chi connectivity index (χ3v) is 7.98. The van der Waals surface area contributed by atoms with Gasteiger partial charge < -0.3 is 10.0 Å². The van der Waals surface area contributed by atoms with Crippen molar-refractivity contribution in [2.75, 3.05) is 0 Å². The molecule has 0 bridgehead atoms. The highest BCUT2D eigenvalue weighted by atomic mass is 35.5. The van der Waals surface area contributed by atoms with Gasteiger partial charge in [-0.1, -0.05) is 60.5 Å². The van der Waals surface area contributed by atoms with Crippen molar-refractivity contribution in [3.63, 3.8) is 0 Å². The lowest BCUT2D eigenvalue weighted by molar-refractivity contribution is -0.161. The van der Waals surface area contributed by atoms with E-state index in [1.807, 2.05) is 71.6 Å². The van der Waals surface area contributed by atoms with Crippen molar-refractivity contribution in [2.45, 2.75) is 50.6 Å². The predicted molar refractivity (Wildman–Crippen MR) is 140 cm³/mol. The van der Waals surface area contributed by atoms with Crippen LogP contribution in [0.5, 0.6) is 0 Å². The molecule has 2 fully saturated rings. The molecule has 7 heteroatoms. The van der Waals surface area contributed by atoms with Gasteiger partial charge in [0.15, 0.2) is 0 Å². The Morgan fingerprint density at radius 2 is 1.81 bits per heavy atom. The van der Waals surface area contributed by atoms with Crippen molar-refractivity contribution in [3.8, 4) is 0 Å². The van der Waals surface area contributed by atoms with Gasteiger partial charge in [-0.15, -0.1) is 0 Å². The van der Waals surface area contributed by atoms with Gasteiger partial charge in [-0.2, -0.15) is 0 Å². The van der Waals surface area contributed by atoms with Gasteiger partial charge in [-0.3, -0.25) is 14.6 Å². The Balaban J connectivity index is 1.73. The summed E-state index contributed by atoms with van der Waals surface area (Å²) in [5, 5.41) is 11.0. The molecule has 1 aromatic heterocycles. The number of carbonyl (C=O) groups is 2. The number of nitrogens with zero attached hydrogens (tertiary/aromatic N) is 2. The number of benzene rings is 2. The minimum atomic E-state index is -1.08. The highest BCUT2D eigenvalue weighted by Gasteiger charge is 2.55. The quantitative estimate of drug-likeness (QED) is 0.359. The lowest BCUT2D eigenvalue weighted by Crippen LogP contribution is -2.54. The summed E-state index contributed by atoms with van der Waals surface area (Å²) in [7, 11) is 0. The van der Waals surface area contributed by atoms with Crippen LogP contribution in [-0.4, -0.2) is 26.9 Å². The second-order valence-corrected chi connectivity index (χ2v) is 11.1. The van der Waals surface area contributed by atoms with Crippen LogP contribution < -0.4 is 0 Å². The van der Waals surface area contributed by atoms with Crippen molar-refractivity contribution in [1.82, 2.24) is 9.88 Å². The molecule has 2 aliphatic rings. The maximum atomic E-state index is 14.4. The monoisotopic (exact) mass is 522 g/mol. The number of hydrogen-bond acceptors (Lipinski definition) is 3. The third-order valence-electron chi connectivity index (χ3n) is 7.49. The lowest BCUT2D eigenvalue weighted by atomic mass is 9.66. The Bertz CT molecular complexity index is 1260. The van der Waals surface area contributed by atoms with E-state index in [9.17, 15) is 14.7 Å². The molecule has 4 atom stereocenters. The first-order valence-electron chi connectivity index (χ1n) is 12.2. The van der Waals surface area contributed by atoms with Crippen LogP contribution in [0.3, 0.4) is 0 Å². The van der Waals surface area contributed by atoms with Crippen LogP contribution in [-0.2, 0) is 9.59 Å². The molecule has 36 heavy (non-hydrogen) atoms. The number of pyridine rings is 1. The molecule has 186 valence electrons. The molecule has 5 rings (SSSR count). The molecular weight excluding hydrogens is 495 g/mol. The SMILES string of the molecule is C[C@]1(CC(=O)O)C[C@H](c2cccc(Cl)c2)C(c2ccc(Cl)cc2)N(C(c2ccccn2)C2CC2)C1=O. The van der Waals surface area contributed by atoms with Gasteiger partial charge in [0.2, 0.25) is 5.91 Å². The number of carboxylic acid groups (broad SMARTS) is 1. The maximum absolute atomic E-state index is 14.4. The van der Waals surface area contributed by atoms with E-state index >= 15 is 0 Å². The molecule has 1 saturated heterocycles. The number of halogens is 2. The van der Waals surface area contributed by atoms with Crippen LogP contribution in [0.25, 0.3) is 0 Å². The largest absolute Gasteiger partial charge is 0.481 e. The number of carboxylic acids is 1. The summed E-state index contributed by atoms with van der Waals surface area (Å²) in [5.41, 5.74) is 1.68. The minimum absolute atomic E-state index is 0.148. The molecule has 2 heterocycles. The number of likely N-dealkylation sites (tertiary alicyclic amines) is 1. The highest BCUT2D eigenvalue weighted by Crippen LogP contribution is 2.57. The standard InChI is InChI=1S/C29H28Cl2N2O3/c1-29(17-25(34)35)16-23(20-5-4-6-22(31)15-20)26(18-10-12-21(30)13-11-18)33(28(29)36)27(19-8-9-19)24-7-2-3-14-32-24/h2-7,10-15,19,23,26-27H,8-9,16-17H2,1H3,(H,34,35)/t23-,26?,27?,29-/m1/s1. The van der Waals surface area contributed by atoms with Crippen molar-refractivity contribution in [2.24, 2.45) is 11.3 Å². The molecule has 1 aliphatic carbocycles. The minimum Gasteiger partial charge on any atom is -0.481 e. The van der Waals surface area contributed by atoms with E-state index in [2.05, 4.69) is 4.98 Å². The third kappa shape index (κ3) is 4.87. The first kappa shape index (κ1) is 24.8. The van der Waals surface area contributed by atoms with Crippen molar-refractivity contribution >= 4 is 35.1 Å². The molecule has 1 N–H and O–H groups in total. The van der Waals surface area contributed by atoms with E-state index in [0.29, 0.717) is 16.5 Å². The van der Waals surface area contributed by atoms with Crippen LogP contribution in [0.2, 0.25) is 10.0 Å². The highest BCUT2D eigenvalue weighted by molar-refractivity contribution is 6.30. The van der Waals surface area contributed by atoms with E-state index in [4.69, 9.17) is 23.2 Å². The zero-order valence-corrected chi connectivity index (χ0v) is 21.5. The zero-order valence-electron chi connectivity index (χ0n) is 20.0. The maximum Gasteiger partial charge on any atom is 0.304 e. The van der Waals surface area contributed by atoms with E-state index in [-0.39, 0.29) is 36.2 Å². The first-order valence-corrected chi connectivity index (χ1v) is 13.0. The Hall–Kier alpha value is -2.89. The normalized spacial score (nSPS) is 25.0. The summed E-state index contributed by atoms with van der Waals surface area (Å²) in [4.78, 5) is 33.0. The molecule has 2 aromatic carbocycles. The van der Waals surface area contributed by atoms with Crippen LogP contribution in [0, 0.1) is 11.3 Å². The number of amides is 1. The van der Waals surface area contributed by atoms with E-state index in [1.54, 1.807) is 13.1 Å². The number of rotatable bonds is 7. The summed E-state index contributed by atoms with van der Waals surface area (Å²) in [6, 6.07) is 20.5. The number of carbonyl (C=O) groups excluding carboxylic acids is 1. The predicted octanol–water partition coefficient (Wildman–Crippen LogP) is 7.08. The van der Waals surface area contributed by atoms with Crippen LogP contribution in [0.15, 0.2) is 72.9 Å². The molecule has 2 unspecified atom stereocenters. The topological polar surface area (TPSA) is 70.5 Å². The summed E-state index contributed by atoms with van der Waals surface area (Å²) >= 11 is 12.7. The van der Waals surface area contributed by atoms with Crippen LogP contribution >= 0.6 is 23.2 Å². The zero-order chi connectivity index (χ0) is 25.4. The molecule has 3 aromatic rings. The Labute approximate surface area is 221 Å². The number of aliphatic carboxylic acids is 1. The molecule has 5 nitrogen and oxygen atoms in total. The van der Waals surface area contributed by atoms with E-state index < -0.39 is 11.4 Å². The summed E-state index contributed by atoms with van der Waals surface area (Å²) in [6.07, 6.45) is 3.89. The summed E-state index contributed by atoms with van der Waals surface area (Å²) in [6.45, 7) is 1.79. The van der Waals surface area contributed by atoms with E-state index in [0.717, 1.165) is 29.7 Å². The van der Waals surface area contributed by atoms with E-state index in [1.165, 1.54) is 0 Å². The molecule has 0 spiro atoms. The molecule has 1 saturated carbocycles. The van der Waals surface area contributed by atoms with Gasteiger partial charge in [0.25, 0.3) is 0 Å². The summed E-state index contributed by atoms with van der Waals surface area (Å²) in [5.74, 6) is -1.03. The molecule has 1 aliphatic heterocycles. The number of piperidine rings is 1. The average Bonchev–Trinajstić information content (AvgIpc) is 3.68. The van der Waals surface area contributed by atoms with Gasteiger partial charge in [0, 0.05) is 22.2 Å². The second kappa shape index (κ2) is 9.87. The van der Waals surface area contributed by atoms with Crippen molar-refractivity contribution in [3.05, 3.63) is 99.8 Å². The number of aromatic nitrogens is 1. The van der Waals surface area contributed by atoms with Gasteiger partial charge in [0.05, 0.1) is 29.6 Å². The average molecular weight is 523 g/mol. The fourth-order valence-corrected chi connectivity index (χ4v) is 6.09. The molecule has 1 amide bonds. The number of hydrogen-bond donors (Lipinski definition) is 1. The summed E-state index contributed by atoms with van der Waals surface area (Å²) < 4.78 is 0. The Morgan fingerprint density at radius 1 is 1.06 bits per heavy atom. The van der Waals surface area contributed by atoms with Crippen LogP contribution in [0.4, 0.5) is 0 Å². The van der Waals surface area contributed by atoms with Gasteiger partial charge in [-0.25, -0.2) is 0 Å². The molecular formula is C29H28Cl2N2O3. The fraction of sp³-hybridized carbons (Fsp3) is 0.345. The van der Waals surface area contributed by atoms with Crippen LogP contribution in [0.1, 0.15) is 67.4 Å². The molecule has 0 radical (unpaired) electrons. The lowest BCUT2D eigenvalue weighted by Gasteiger charge is -2.52. The smallest absolute Gasteiger partial charge is 0.304 e. The van der Waals surface area contributed by atoms with Gasteiger partial charge in [-0.05, 0) is 72.7 Å². The van der Waals surface area contributed by atoms with Gasteiger partial charge in [0.1, 0.15) is 0 Å². The Kier molecular flexibility index (Phi) is 6.80. The van der Waals surface area contributed by atoms with Crippen molar-refractivity contribution < 1.29 is 14.7 Å². The first-order chi connectivity index (χ1) is 17.3.